The molecule has 7 nitrogen and oxygen atoms in total. The lowest BCUT2D eigenvalue weighted by atomic mass is 10.1. The Hall–Kier alpha value is -2.96. The van der Waals surface area contributed by atoms with E-state index in [9.17, 15) is 14.4 Å². The zero-order chi connectivity index (χ0) is 15.1. The summed E-state index contributed by atoms with van der Waals surface area (Å²) in [6, 6.07) is 3.36. The van der Waals surface area contributed by atoms with Gasteiger partial charge in [0.1, 0.15) is 5.82 Å². The molecule has 1 aliphatic heterocycles. The maximum Gasteiger partial charge on any atom is 0.335 e. The average Bonchev–Trinajstić information content (AvgIpc) is 3.07. The number of aromatic nitrogens is 2. The van der Waals surface area contributed by atoms with E-state index in [1.807, 2.05) is 0 Å². The third kappa shape index (κ3) is 1.90. The summed E-state index contributed by atoms with van der Waals surface area (Å²) >= 11 is 0. The molecule has 2 amide bonds. The lowest BCUT2D eigenvalue weighted by Gasteiger charge is -2.20. The second kappa shape index (κ2) is 4.55. The van der Waals surface area contributed by atoms with Crippen molar-refractivity contribution in [2.24, 2.45) is 0 Å². The third-order valence-electron chi connectivity index (χ3n) is 3.47. The Kier molecular flexibility index (Phi) is 2.83. The topological polar surface area (TPSA) is 103 Å². The highest BCUT2D eigenvalue weighted by Crippen LogP contribution is 2.30. The molecule has 0 saturated heterocycles. The molecule has 2 heterocycles. The first-order valence-corrected chi connectivity index (χ1v) is 6.25. The molecule has 7 heteroatoms. The summed E-state index contributed by atoms with van der Waals surface area (Å²) in [7, 11) is 0. The number of carboxylic acid groups (broad SMARTS) is 1. The van der Waals surface area contributed by atoms with E-state index in [0.717, 1.165) is 4.90 Å². The molecule has 1 aromatic carbocycles. The normalized spacial score (nSPS) is 15.2. The van der Waals surface area contributed by atoms with Gasteiger partial charge in [-0.1, -0.05) is 0 Å². The summed E-state index contributed by atoms with van der Waals surface area (Å²) in [5.41, 5.74) is 0.295. The zero-order valence-electron chi connectivity index (χ0n) is 11.0. The fraction of sp³-hybridized carbons (Fsp3) is 0.143. The summed E-state index contributed by atoms with van der Waals surface area (Å²) in [5.74, 6) is -1.61. The van der Waals surface area contributed by atoms with Crippen molar-refractivity contribution < 1.29 is 19.5 Å². The average molecular weight is 285 g/mol. The molecule has 1 aliphatic rings. The molecule has 0 saturated carbocycles. The van der Waals surface area contributed by atoms with Crippen LogP contribution in [0.15, 0.2) is 30.6 Å². The van der Waals surface area contributed by atoms with Crippen LogP contribution in [0.3, 0.4) is 0 Å². The first-order valence-electron chi connectivity index (χ1n) is 6.25. The largest absolute Gasteiger partial charge is 0.478 e. The highest BCUT2D eigenvalue weighted by atomic mass is 16.4. The van der Waals surface area contributed by atoms with Crippen LogP contribution >= 0.6 is 0 Å². The number of H-pyrrole nitrogens is 1. The molecule has 2 N–H and O–H groups in total. The quantitative estimate of drug-likeness (QED) is 0.831. The fourth-order valence-electron chi connectivity index (χ4n) is 2.37. The molecule has 2 aromatic rings. The summed E-state index contributed by atoms with van der Waals surface area (Å²) in [6.07, 6.45) is 3.14. The molecular weight excluding hydrogens is 274 g/mol. The SMILES string of the molecule is CC(c1ncc[nH]1)N1C(=O)c2ccc(C(=O)O)cc2C1=O. The van der Waals surface area contributed by atoms with E-state index in [0.29, 0.717) is 5.82 Å². The number of benzene rings is 1. The van der Waals surface area contributed by atoms with Crippen LogP contribution in [0.25, 0.3) is 0 Å². The van der Waals surface area contributed by atoms with Crippen molar-refractivity contribution in [1.29, 1.82) is 0 Å². The van der Waals surface area contributed by atoms with Crippen LogP contribution < -0.4 is 0 Å². The number of hydrogen-bond donors (Lipinski definition) is 2. The summed E-state index contributed by atoms with van der Waals surface area (Å²) < 4.78 is 0. The number of rotatable bonds is 3. The lowest BCUT2D eigenvalue weighted by molar-refractivity contribution is 0.0588. The van der Waals surface area contributed by atoms with Gasteiger partial charge in [0.05, 0.1) is 22.7 Å². The van der Waals surface area contributed by atoms with Crippen molar-refractivity contribution >= 4 is 17.8 Å². The minimum atomic E-state index is -1.14. The van der Waals surface area contributed by atoms with Crippen molar-refractivity contribution in [3.8, 4) is 0 Å². The van der Waals surface area contributed by atoms with Crippen LogP contribution in [0, 0.1) is 0 Å². The fourth-order valence-corrected chi connectivity index (χ4v) is 2.37. The highest BCUT2D eigenvalue weighted by Gasteiger charge is 2.40. The lowest BCUT2D eigenvalue weighted by Crippen LogP contribution is -2.33. The predicted molar refractivity (Wildman–Crippen MR) is 70.9 cm³/mol. The monoisotopic (exact) mass is 285 g/mol. The molecular formula is C14H11N3O4. The number of nitrogens with one attached hydrogen (secondary N) is 1. The van der Waals surface area contributed by atoms with E-state index >= 15 is 0 Å². The van der Waals surface area contributed by atoms with E-state index in [-0.39, 0.29) is 16.7 Å². The molecule has 21 heavy (non-hydrogen) atoms. The number of aromatic amines is 1. The first kappa shape index (κ1) is 13.0. The number of carbonyl (C=O) groups is 3. The van der Waals surface area contributed by atoms with Crippen LogP contribution in [0.4, 0.5) is 0 Å². The van der Waals surface area contributed by atoms with E-state index in [1.54, 1.807) is 13.1 Å². The Morgan fingerprint density at radius 3 is 2.62 bits per heavy atom. The summed E-state index contributed by atoms with van der Waals surface area (Å²) in [4.78, 5) is 43.7. The number of amides is 2. The van der Waals surface area contributed by atoms with Crippen LogP contribution in [-0.2, 0) is 0 Å². The van der Waals surface area contributed by atoms with E-state index < -0.39 is 23.8 Å². The van der Waals surface area contributed by atoms with E-state index in [4.69, 9.17) is 5.11 Å². The van der Waals surface area contributed by atoms with Gasteiger partial charge in [-0.15, -0.1) is 0 Å². The smallest absolute Gasteiger partial charge is 0.335 e. The Balaban J connectivity index is 2.02. The van der Waals surface area contributed by atoms with Gasteiger partial charge in [-0.3, -0.25) is 14.5 Å². The minimum Gasteiger partial charge on any atom is -0.478 e. The van der Waals surface area contributed by atoms with Gasteiger partial charge in [0.15, 0.2) is 0 Å². The summed E-state index contributed by atoms with van der Waals surface area (Å²) in [5, 5.41) is 8.97. The number of imide groups is 1. The highest BCUT2D eigenvalue weighted by molar-refractivity contribution is 6.22. The van der Waals surface area contributed by atoms with Gasteiger partial charge in [0.25, 0.3) is 11.8 Å². The predicted octanol–water partition coefficient (Wildman–Crippen LogP) is 1.47. The van der Waals surface area contributed by atoms with Crippen LogP contribution in [0.1, 0.15) is 49.9 Å². The number of carbonyl (C=O) groups excluding carboxylic acids is 2. The summed E-state index contributed by atoms with van der Waals surface area (Å²) in [6.45, 7) is 1.68. The number of nitrogens with zero attached hydrogens (tertiary/aromatic N) is 2. The number of hydrogen-bond acceptors (Lipinski definition) is 4. The van der Waals surface area contributed by atoms with Gasteiger partial charge in [-0.05, 0) is 25.1 Å². The first-order chi connectivity index (χ1) is 10.0. The molecule has 3 rings (SSSR count). The molecule has 0 aliphatic carbocycles. The molecule has 1 unspecified atom stereocenters. The van der Waals surface area contributed by atoms with E-state index in [1.165, 1.54) is 24.4 Å². The number of aromatic carboxylic acids is 1. The Morgan fingerprint density at radius 1 is 1.29 bits per heavy atom. The van der Waals surface area contributed by atoms with Gasteiger partial charge >= 0.3 is 5.97 Å². The Bertz CT molecular complexity index is 752. The molecule has 0 fully saturated rings. The van der Waals surface area contributed by atoms with Gasteiger partial charge in [-0.25, -0.2) is 9.78 Å². The van der Waals surface area contributed by atoms with Crippen molar-refractivity contribution in [3.63, 3.8) is 0 Å². The Morgan fingerprint density at radius 2 is 2.00 bits per heavy atom. The van der Waals surface area contributed by atoms with Gasteiger partial charge < -0.3 is 10.1 Å². The molecule has 106 valence electrons. The maximum absolute atomic E-state index is 12.4. The van der Waals surface area contributed by atoms with Crippen LogP contribution in [0.2, 0.25) is 0 Å². The van der Waals surface area contributed by atoms with Gasteiger partial charge in [-0.2, -0.15) is 0 Å². The Labute approximate surface area is 119 Å². The van der Waals surface area contributed by atoms with Gasteiger partial charge in [0.2, 0.25) is 0 Å². The molecule has 0 bridgehead atoms. The second-order valence-electron chi connectivity index (χ2n) is 4.70. The number of fused-ring (bicyclic) bond motifs is 1. The standard InChI is InChI=1S/C14H11N3O4/c1-7(11-15-4-5-16-11)17-12(18)9-3-2-8(14(20)21)6-10(9)13(17)19/h2-7H,1H3,(H,15,16)(H,20,21). The third-order valence-corrected chi connectivity index (χ3v) is 3.47. The molecule has 0 radical (unpaired) electrons. The number of imidazole rings is 1. The van der Waals surface area contributed by atoms with Crippen molar-refractivity contribution in [2.75, 3.05) is 0 Å². The van der Waals surface area contributed by atoms with Crippen molar-refractivity contribution in [1.82, 2.24) is 14.9 Å². The molecule has 0 spiro atoms. The van der Waals surface area contributed by atoms with Crippen molar-refractivity contribution in [3.05, 3.63) is 53.1 Å². The molecule has 1 atom stereocenters. The number of carboxylic acids is 1. The molecule has 1 aromatic heterocycles. The van der Waals surface area contributed by atoms with E-state index in [2.05, 4.69) is 9.97 Å². The minimum absolute atomic E-state index is 0.0256. The van der Waals surface area contributed by atoms with Crippen LogP contribution in [0.5, 0.6) is 0 Å². The maximum atomic E-state index is 12.4. The van der Waals surface area contributed by atoms with Crippen LogP contribution in [-0.4, -0.2) is 37.8 Å². The van der Waals surface area contributed by atoms with Gasteiger partial charge in [0, 0.05) is 12.4 Å². The van der Waals surface area contributed by atoms with Crippen molar-refractivity contribution in [2.45, 2.75) is 13.0 Å². The second-order valence-corrected chi connectivity index (χ2v) is 4.70. The zero-order valence-corrected chi connectivity index (χ0v) is 11.0.